The number of hydrogen-bond donors (Lipinski definition) is 0. The van der Waals surface area contributed by atoms with Gasteiger partial charge in [0.25, 0.3) is 10.1 Å². The van der Waals surface area contributed by atoms with Crippen LogP contribution in [0.4, 0.5) is 13.2 Å². The van der Waals surface area contributed by atoms with Crippen molar-refractivity contribution in [1.29, 1.82) is 0 Å². The highest BCUT2D eigenvalue weighted by molar-refractivity contribution is 7.86. The number of hydrogen-bond acceptors (Lipinski definition) is 3. The predicted molar refractivity (Wildman–Crippen MR) is 36.0 cm³/mol. The van der Waals surface area contributed by atoms with E-state index >= 15 is 0 Å². The van der Waals surface area contributed by atoms with E-state index in [4.69, 9.17) is 0 Å². The topological polar surface area (TPSA) is 43.4 Å². The largest absolute Gasteiger partial charge is 0.419 e. The van der Waals surface area contributed by atoms with Gasteiger partial charge in [0.1, 0.15) is 0 Å². The Morgan fingerprint density at radius 1 is 1.50 bits per heavy atom. The van der Waals surface area contributed by atoms with Gasteiger partial charge in [0.05, 0.1) is 6.26 Å². The highest BCUT2D eigenvalue weighted by Gasteiger charge is 2.40. The summed E-state index contributed by atoms with van der Waals surface area (Å²) >= 11 is 0. The average molecular weight is 204 g/mol. The first-order valence-corrected chi connectivity index (χ1v) is 4.56. The molecule has 0 heterocycles. The van der Waals surface area contributed by atoms with Crippen LogP contribution in [0, 0.1) is 0 Å². The quantitative estimate of drug-likeness (QED) is 0.510. The van der Waals surface area contributed by atoms with Gasteiger partial charge in [-0.25, -0.2) is 0 Å². The van der Waals surface area contributed by atoms with E-state index in [1.165, 1.54) is 0 Å². The minimum atomic E-state index is -4.75. The van der Waals surface area contributed by atoms with Gasteiger partial charge >= 0.3 is 6.18 Å². The molecule has 0 aromatic heterocycles. The highest BCUT2D eigenvalue weighted by Crippen LogP contribution is 2.24. The first-order chi connectivity index (χ1) is 5.17. The van der Waals surface area contributed by atoms with Crippen LogP contribution in [-0.2, 0) is 14.3 Å². The molecule has 0 fully saturated rings. The molecule has 1 unspecified atom stereocenters. The van der Waals surface area contributed by atoms with Gasteiger partial charge in [-0.1, -0.05) is 6.08 Å². The fourth-order valence-corrected chi connectivity index (χ4v) is 0.980. The van der Waals surface area contributed by atoms with E-state index in [9.17, 15) is 21.6 Å². The maximum absolute atomic E-state index is 11.8. The number of rotatable bonds is 3. The zero-order chi connectivity index (χ0) is 9.99. The second kappa shape index (κ2) is 3.44. The molecule has 1 atom stereocenters. The van der Waals surface area contributed by atoms with E-state index in [-0.39, 0.29) is 0 Å². The molecule has 0 aliphatic rings. The van der Waals surface area contributed by atoms with Crippen molar-refractivity contribution in [3.05, 3.63) is 12.7 Å². The third-order valence-electron chi connectivity index (χ3n) is 0.815. The molecule has 0 saturated heterocycles. The molecule has 0 spiro atoms. The summed E-state index contributed by atoms with van der Waals surface area (Å²) in [5.74, 6) is 0. The third-order valence-corrected chi connectivity index (χ3v) is 1.37. The van der Waals surface area contributed by atoms with Crippen LogP contribution in [0.25, 0.3) is 0 Å². The van der Waals surface area contributed by atoms with E-state index in [1.54, 1.807) is 0 Å². The van der Waals surface area contributed by atoms with Gasteiger partial charge < -0.3 is 0 Å². The maximum atomic E-state index is 11.8. The molecule has 12 heavy (non-hydrogen) atoms. The average Bonchev–Trinajstić information content (AvgIpc) is 1.78. The fourth-order valence-electron chi connectivity index (χ4n) is 0.416. The van der Waals surface area contributed by atoms with Crippen molar-refractivity contribution in [2.45, 2.75) is 12.3 Å². The summed E-state index contributed by atoms with van der Waals surface area (Å²) in [5, 5.41) is 0. The zero-order valence-corrected chi connectivity index (χ0v) is 6.95. The molecular formula is C5H7F3O3S. The zero-order valence-electron chi connectivity index (χ0n) is 6.13. The Hall–Kier alpha value is -0.560. The standard InChI is InChI=1S/C5H7F3O3S/c1-3-4(5(6,7)8)11-12(2,9)10/h3-4H,1H2,2H3. The lowest BCUT2D eigenvalue weighted by Gasteiger charge is -2.14. The van der Waals surface area contributed by atoms with Crippen LogP contribution in [0.1, 0.15) is 0 Å². The van der Waals surface area contributed by atoms with Crippen molar-refractivity contribution in [2.75, 3.05) is 6.26 Å². The molecule has 0 aliphatic carbocycles. The molecule has 7 heteroatoms. The maximum Gasteiger partial charge on any atom is 0.419 e. The molecule has 0 radical (unpaired) electrons. The van der Waals surface area contributed by atoms with Crippen LogP contribution in [0.3, 0.4) is 0 Å². The van der Waals surface area contributed by atoms with E-state index in [0.29, 0.717) is 12.3 Å². The van der Waals surface area contributed by atoms with Crippen LogP contribution in [0.15, 0.2) is 12.7 Å². The van der Waals surface area contributed by atoms with E-state index in [0.717, 1.165) is 0 Å². The number of alkyl halides is 3. The second-order valence-electron chi connectivity index (χ2n) is 2.00. The van der Waals surface area contributed by atoms with Crippen molar-refractivity contribution < 1.29 is 25.8 Å². The van der Waals surface area contributed by atoms with Crippen LogP contribution in [0.5, 0.6) is 0 Å². The smallest absolute Gasteiger partial charge is 0.253 e. The summed E-state index contributed by atoms with van der Waals surface area (Å²) < 4.78 is 59.6. The molecule has 0 amide bonds. The van der Waals surface area contributed by atoms with E-state index in [2.05, 4.69) is 10.8 Å². The Morgan fingerprint density at radius 3 is 2.00 bits per heavy atom. The van der Waals surface area contributed by atoms with Gasteiger partial charge in [0.2, 0.25) is 0 Å². The van der Waals surface area contributed by atoms with Crippen molar-refractivity contribution in [3.63, 3.8) is 0 Å². The van der Waals surface area contributed by atoms with Crippen molar-refractivity contribution in [2.24, 2.45) is 0 Å². The van der Waals surface area contributed by atoms with Crippen LogP contribution in [0.2, 0.25) is 0 Å². The van der Waals surface area contributed by atoms with Gasteiger partial charge in [0, 0.05) is 0 Å². The Labute approximate surface area is 68.0 Å². The van der Waals surface area contributed by atoms with Crippen LogP contribution in [-0.4, -0.2) is 27.0 Å². The monoisotopic (exact) mass is 204 g/mol. The third kappa shape index (κ3) is 4.35. The minimum absolute atomic E-state index is 0.376. The lowest BCUT2D eigenvalue weighted by atomic mass is 10.3. The first kappa shape index (κ1) is 11.4. The molecular weight excluding hydrogens is 197 g/mol. The molecule has 0 saturated carbocycles. The molecule has 0 N–H and O–H groups in total. The fraction of sp³-hybridized carbons (Fsp3) is 0.600. The van der Waals surface area contributed by atoms with Gasteiger partial charge in [0.15, 0.2) is 6.10 Å². The van der Waals surface area contributed by atoms with Crippen LogP contribution >= 0.6 is 0 Å². The Morgan fingerprint density at radius 2 is 1.92 bits per heavy atom. The Bertz CT molecular complexity index is 254. The second-order valence-corrected chi connectivity index (χ2v) is 3.60. The van der Waals surface area contributed by atoms with Gasteiger partial charge in [-0.2, -0.15) is 21.6 Å². The molecule has 0 aromatic rings. The lowest BCUT2D eigenvalue weighted by molar-refractivity contribution is -0.178. The number of halogens is 3. The van der Waals surface area contributed by atoms with Crippen molar-refractivity contribution in [3.8, 4) is 0 Å². The summed E-state index contributed by atoms with van der Waals surface area (Å²) in [7, 11) is -4.11. The Kier molecular flexibility index (Phi) is 3.28. The van der Waals surface area contributed by atoms with Gasteiger partial charge in [-0.05, 0) is 0 Å². The summed E-state index contributed by atoms with van der Waals surface area (Å²) in [5.41, 5.74) is 0. The summed E-state index contributed by atoms with van der Waals surface area (Å²) in [6.07, 6.45) is -6.30. The first-order valence-electron chi connectivity index (χ1n) is 2.74. The van der Waals surface area contributed by atoms with E-state index in [1.807, 2.05) is 0 Å². The minimum Gasteiger partial charge on any atom is -0.253 e. The SMILES string of the molecule is C=CC(OS(C)(=O)=O)C(F)(F)F. The van der Waals surface area contributed by atoms with Crippen molar-refractivity contribution >= 4 is 10.1 Å². The van der Waals surface area contributed by atoms with Crippen molar-refractivity contribution in [1.82, 2.24) is 0 Å². The summed E-state index contributed by atoms with van der Waals surface area (Å²) in [4.78, 5) is 0. The lowest BCUT2D eigenvalue weighted by Crippen LogP contribution is -2.31. The molecule has 3 nitrogen and oxygen atoms in total. The molecule has 0 rings (SSSR count). The summed E-state index contributed by atoms with van der Waals surface area (Å²) in [6.45, 7) is 2.80. The molecule has 0 aromatic carbocycles. The Balaban J connectivity index is 4.51. The van der Waals surface area contributed by atoms with Gasteiger partial charge in [-0.15, -0.1) is 6.58 Å². The van der Waals surface area contributed by atoms with Crippen LogP contribution < -0.4 is 0 Å². The van der Waals surface area contributed by atoms with Gasteiger partial charge in [-0.3, -0.25) is 4.18 Å². The molecule has 72 valence electrons. The molecule has 0 bridgehead atoms. The highest BCUT2D eigenvalue weighted by atomic mass is 32.2. The summed E-state index contributed by atoms with van der Waals surface area (Å²) in [6, 6.07) is 0. The normalized spacial score (nSPS) is 15.7. The molecule has 0 aliphatic heterocycles. The predicted octanol–water partition coefficient (Wildman–Crippen LogP) is 1.08. The van der Waals surface area contributed by atoms with E-state index < -0.39 is 22.4 Å².